The number of rotatable bonds is 5. The van der Waals surface area contributed by atoms with Crippen LogP contribution in [0.4, 0.5) is 0 Å². The Kier molecular flexibility index (Phi) is 4.73. The van der Waals surface area contributed by atoms with Gasteiger partial charge in [0.2, 0.25) is 0 Å². The fourth-order valence-electron chi connectivity index (χ4n) is 1.92. The third kappa shape index (κ3) is 3.49. The minimum Gasteiger partial charge on any atom is -0.466 e. The Morgan fingerprint density at radius 3 is 2.95 bits per heavy atom. The summed E-state index contributed by atoms with van der Waals surface area (Å²) in [4.78, 5) is 26.0. The van der Waals surface area contributed by atoms with Gasteiger partial charge in [0.05, 0.1) is 19.3 Å². The van der Waals surface area contributed by atoms with E-state index in [0.29, 0.717) is 5.56 Å². The van der Waals surface area contributed by atoms with E-state index in [1.54, 1.807) is 18.3 Å². The number of hydrogen-bond donors (Lipinski definition) is 3. The molecule has 0 bridgehead atoms. The number of nitrogens with one attached hydrogen (secondary N) is 2. The fraction of sp³-hybridized carbons (Fsp3) is 0.200. The Hall–Kier alpha value is -2.60. The normalized spacial score (nSPS) is 11.0. The van der Waals surface area contributed by atoms with Crippen LogP contribution in [-0.4, -0.2) is 35.6 Å². The van der Waals surface area contributed by atoms with Gasteiger partial charge in [-0.1, -0.05) is 12.1 Å². The summed E-state index contributed by atoms with van der Waals surface area (Å²) in [7, 11) is 1.29. The first-order valence-electron chi connectivity index (χ1n) is 6.39. The van der Waals surface area contributed by atoms with E-state index in [9.17, 15) is 9.59 Å². The minimum absolute atomic E-state index is 0.0793. The van der Waals surface area contributed by atoms with Crippen LogP contribution in [0.15, 0.2) is 36.5 Å². The molecule has 1 aromatic carbocycles. The van der Waals surface area contributed by atoms with Gasteiger partial charge in [-0.15, -0.1) is 0 Å². The molecule has 6 heteroatoms. The molecule has 6 nitrogen and oxygen atoms in total. The second-order valence-electron chi connectivity index (χ2n) is 4.38. The predicted octanol–water partition coefficient (Wildman–Crippen LogP) is 1.12. The van der Waals surface area contributed by atoms with Gasteiger partial charge in [0, 0.05) is 29.7 Å². The van der Waals surface area contributed by atoms with Crippen LogP contribution in [0.25, 0.3) is 10.9 Å². The molecular weight excluding hydrogens is 272 g/mol. The van der Waals surface area contributed by atoms with Crippen molar-refractivity contribution in [3.8, 4) is 0 Å². The summed E-state index contributed by atoms with van der Waals surface area (Å²) in [5.41, 5.74) is 2.05. The van der Waals surface area contributed by atoms with Crippen LogP contribution in [0.5, 0.6) is 0 Å². The van der Waals surface area contributed by atoms with E-state index in [1.165, 1.54) is 19.3 Å². The Labute approximate surface area is 121 Å². The number of aliphatic hydroxyl groups excluding tert-OH is 1. The molecule has 0 aliphatic heterocycles. The highest BCUT2D eigenvalue weighted by Crippen LogP contribution is 2.19. The van der Waals surface area contributed by atoms with Gasteiger partial charge in [-0.2, -0.15) is 0 Å². The quantitative estimate of drug-likeness (QED) is 0.568. The molecule has 0 fully saturated rings. The number of aromatic nitrogens is 1. The molecule has 3 N–H and O–H groups in total. The van der Waals surface area contributed by atoms with Crippen LogP contribution < -0.4 is 5.32 Å². The molecule has 0 unspecified atom stereocenters. The number of carbonyl (C=O) groups excluding carboxylic acids is 2. The molecule has 1 aromatic heterocycles. The second kappa shape index (κ2) is 6.71. The highest BCUT2D eigenvalue weighted by Gasteiger charge is 2.11. The number of hydrogen-bond acceptors (Lipinski definition) is 4. The minimum atomic E-state index is -0.469. The van der Waals surface area contributed by atoms with Gasteiger partial charge in [0.1, 0.15) is 0 Å². The first-order chi connectivity index (χ1) is 10.2. The Morgan fingerprint density at radius 1 is 1.43 bits per heavy atom. The molecule has 0 atom stereocenters. The molecule has 2 rings (SSSR count). The monoisotopic (exact) mass is 288 g/mol. The van der Waals surface area contributed by atoms with Crippen molar-refractivity contribution >= 4 is 22.8 Å². The zero-order chi connectivity index (χ0) is 15.2. The fourth-order valence-corrected chi connectivity index (χ4v) is 1.92. The number of aliphatic hydroxyl groups is 1. The maximum atomic E-state index is 12.1. The second-order valence-corrected chi connectivity index (χ2v) is 4.38. The van der Waals surface area contributed by atoms with Crippen molar-refractivity contribution in [3.05, 3.63) is 47.7 Å². The lowest BCUT2D eigenvalue weighted by Gasteiger charge is -2.02. The Bertz CT molecular complexity index is 688. The summed E-state index contributed by atoms with van der Waals surface area (Å²) >= 11 is 0. The Morgan fingerprint density at radius 2 is 2.24 bits per heavy atom. The van der Waals surface area contributed by atoms with E-state index in [2.05, 4.69) is 15.0 Å². The number of benzene rings is 1. The number of fused-ring (bicyclic) bond motifs is 1. The van der Waals surface area contributed by atoms with E-state index < -0.39 is 5.97 Å². The van der Waals surface area contributed by atoms with Crippen LogP contribution in [0.1, 0.15) is 15.9 Å². The van der Waals surface area contributed by atoms with Crippen molar-refractivity contribution in [1.82, 2.24) is 10.3 Å². The Balaban J connectivity index is 2.09. The third-order valence-corrected chi connectivity index (χ3v) is 3.01. The van der Waals surface area contributed by atoms with Gasteiger partial charge in [0.25, 0.3) is 5.91 Å². The average Bonchev–Trinajstić information content (AvgIpc) is 2.93. The largest absolute Gasteiger partial charge is 0.466 e. The van der Waals surface area contributed by atoms with Gasteiger partial charge in [-0.3, -0.25) is 4.79 Å². The highest BCUT2D eigenvalue weighted by atomic mass is 16.5. The van der Waals surface area contributed by atoms with E-state index in [1.807, 2.05) is 6.07 Å². The van der Waals surface area contributed by atoms with Gasteiger partial charge in [0.15, 0.2) is 0 Å². The standard InChI is InChI=1S/C15H16N2O4/c1-21-14(19)3-2-6-16-15(20)12-8-17-13-5-4-10(9-18)7-11(12)13/h2-5,7-8,17-18H,6,9H2,1H3,(H,16,20)/b3-2+. The zero-order valence-corrected chi connectivity index (χ0v) is 11.6. The van der Waals surface area contributed by atoms with Crippen molar-refractivity contribution < 1.29 is 19.4 Å². The topological polar surface area (TPSA) is 91.4 Å². The summed E-state index contributed by atoms with van der Waals surface area (Å²) in [5.74, 6) is -0.727. The smallest absolute Gasteiger partial charge is 0.330 e. The van der Waals surface area contributed by atoms with Crippen molar-refractivity contribution in [2.75, 3.05) is 13.7 Å². The summed E-state index contributed by atoms with van der Waals surface area (Å²) < 4.78 is 4.45. The number of methoxy groups -OCH3 is 1. The number of ether oxygens (including phenoxy) is 1. The van der Waals surface area contributed by atoms with Crippen molar-refractivity contribution in [2.24, 2.45) is 0 Å². The van der Waals surface area contributed by atoms with Gasteiger partial charge < -0.3 is 20.1 Å². The first kappa shape index (κ1) is 14.8. The van der Waals surface area contributed by atoms with Crippen molar-refractivity contribution in [3.63, 3.8) is 0 Å². The van der Waals surface area contributed by atoms with E-state index >= 15 is 0 Å². The number of aromatic amines is 1. The zero-order valence-electron chi connectivity index (χ0n) is 11.6. The lowest BCUT2D eigenvalue weighted by atomic mass is 10.1. The van der Waals surface area contributed by atoms with Gasteiger partial charge in [-0.05, 0) is 17.7 Å². The number of H-pyrrole nitrogens is 1. The van der Waals surface area contributed by atoms with Gasteiger partial charge >= 0.3 is 5.97 Å². The number of carbonyl (C=O) groups is 2. The molecule has 21 heavy (non-hydrogen) atoms. The van der Waals surface area contributed by atoms with Crippen LogP contribution in [0.3, 0.4) is 0 Å². The SMILES string of the molecule is COC(=O)/C=C/CNC(=O)c1c[nH]c2ccc(CO)cc12. The molecule has 0 saturated heterocycles. The summed E-state index contributed by atoms with van der Waals surface area (Å²) in [5, 5.41) is 12.6. The molecule has 1 amide bonds. The first-order valence-corrected chi connectivity index (χ1v) is 6.39. The van der Waals surface area contributed by atoms with Crippen molar-refractivity contribution in [1.29, 1.82) is 0 Å². The van der Waals surface area contributed by atoms with E-state index in [0.717, 1.165) is 16.5 Å². The van der Waals surface area contributed by atoms with Crippen LogP contribution in [0.2, 0.25) is 0 Å². The molecular formula is C15H16N2O4. The van der Waals surface area contributed by atoms with Crippen LogP contribution >= 0.6 is 0 Å². The maximum absolute atomic E-state index is 12.1. The molecule has 0 spiro atoms. The lowest BCUT2D eigenvalue weighted by Crippen LogP contribution is -2.23. The number of esters is 1. The molecule has 2 aromatic rings. The van der Waals surface area contributed by atoms with E-state index in [-0.39, 0.29) is 19.1 Å². The van der Waals surface area contributed by atoms with Crippen molar-refractivity contribution in [2.45, 2.75) is 6.61 Å². The van der Waals surface area contributed by atoms with E-state index in [4.69, 9.17) is 5.11 Å². The van der Waals surface area contributed by atoms with Crippen LogP contribution in [0, 0.1) is 0 Å². The van der Waals surface area contributed by atoms with Gasteiger partial charge in [-0.25, -0.2) is 4.79 Å². The highest BCUT2D eigenvalue weighted by molar-refractivity contribution is 6.06. The molecule has 0 aliphatic rings. The molecule has 0 saturated carbocycles. The number of amides is 1. The predicted molar refractivity (Wildman–Crippen MR) is 77.7 cm³/mol. The van der Waals surface area contributed by atoms with Crippen LogP contribution in [-0.2, 0) is 16.1 Å². The summed E-state index contributed by atoms with van der Waals surface area (Å²) in [6.07, 6.45) is 4.38. The molecule has 0 aliphatic carbocycles. The lowest BCUT2D eigenvalue weighted by molar-refractivity contribution is -0.134. The third-order valence-electron chi connectivity index (χ3n) is 3.01. The molecule has 0 radical (unpaired) electrons. The average molecular weight is 288 g/mol. The maximum Gasteiger partial charge on any atom is 0.330 e. The molecule has 110 valence electrons. The molecule has 1 heterocycles. The summed E-state index contributed by atoms with van der Waals surface area (Å²) in [6.45, 7) is 0.143. The summed E-state index contributed by atoms with van der Waals surface area (Å²) in [6, 6.07) is 5.37.